The third-order valence-electron chi connectivity index (χ3n) is 5.53. The molecule has 8 heteroatoms. The fraction of sp³-hybridized carbons (Fsp3) is 0.765. The van der Waals surface area contributed by atoms with Crippen LogP contribution in [0.25, 0.3) is 0 Å². The molecule has 3 aliphatic rings. The number of aromatic nitrogens is 3. The SMILES string of the molecule is CN=C(NCC1CCc2nnc(C)n2C1)N1CCN(C2CC2)C(=O)C1. The summed E-state index contributed by atoms with van der Waals surface area (Å²) in [4.78, 5) is 20.9. The van der Waals surface area contributed by atoms with Crippen LogP contribution in [-0.2, 0) is 17.8 Å². The van der Waals surface area contributed by atoms with Gasteiger partial charge in [-0.2, -0.15) is 0 Å². The van der Waals surface area contributed by atoms with Gasteiger partial charge in [0.2, 0.25) is 5.91 Å². The summed E-state index contributed by atoms with van der Waals surface area (Å²) in [7, 11) is 1.79. The van der Waals surface area contributed by atoms with E-state index in [1.807, 2.05) is 11.8 Å². The number of piperazine rings is 1. The highest BCUT2D eigenvalue weighted by molar-refractivity contribution is 5.87. The zero-order chi connectivity index (χ0) is 17.4. The number of hydrogen-bond acceptors (Lipinski definition) is 4. The van der Waals surface area contributed by atoms with Gasteiger partial charge in [-0.15, -0.1) is 10.2 Å². The number of nitrogens with one attached hydrogen (secondary N) is 1. The first kappa shape index (κ1) is 16.4. The largest absolute Gasteiger partial charge is 0.356 e. The summed E-state index contributed by atoms with van der Waals surface area (Å²) >= 11 is 0. The molecule has 1 atom stereocenters. The molecule has 0 radical (unpaired) electrons. The van der Waals surface area contributed by atoms with Crippen LogP contribution in [0.2, 0.25) is 0 Å². The van der Waals surface area contributed by atoms with Gasteiger partial charge < -0.3 is 19.7 Å². The molecule has 136 valence electrons. The van der Waals surface area contributed by atoms with Crippen molar-refractivity contribution in [1.82, 2.24) is 29.9 Å². The van der Waals surface area contributed by atoms with Crippen LogP contribution in [0.1, 0.15) is 30.9 Å². The van der Waals surface area contributed by atoms with Crippen molar-refractivity contribution in [3.05, 3.63) is 11.6 Å². The molecule has 1 aromatic rings. The fourth-order valence-electron chi connectivity index (χ4n) is 3.90. The van der Waals surface area contributed by atoms with Gasteiger partial charge in [0.25, 0.3) is 0 Å². The van der Waals surface area contributed by atoms with E-state index >= 15 is 0 Å². The van der Waals surface area contributed by atoms with Crippen LogP contribution >= 0.6 is 0 Å². The predicted molar refractivity (Wildman–Crippen MR) is 94.2 cm³/mol. The number of amides is 1. The third-order valence-corrected chi connectivity index (χ3v) is 5.53. The number of guanidine groups is 1. The van der Waals surface area contributed by atoms with Gasteiger partial charge in [0.05, 0.1) is 6.54 Å². The predicted octanol–water partition coefficient (Wildman–Crippen LogP) is 0.0309. The second-order valence-electron chi connectivity index (χ2n) is 7.35. The smallest absolute Gasteiger partial charge is 0.242 e. The van der Waals surface area contributed by atoms with Gasteiger partial charge in [0.1, 0.15) is 11.6 Å². The maximum absolute atomic E-state index is 12.3. The Kier molecular flexibility index (Phi) is 4.35. The molecule has 1 saturated heterocycles. The van der Waals surface area contributed by atoms with Crippen LogP contribution in [0.15, 0.2) is 4.99 Å². The molecule has 1 aromatic heterocycles. The lowest BCUT2D eigenvalue weighted by atomic mass is 9.99. The number of rotatable bonds is 3. The van der Waals surface area contributed by atoms with Crippen molar-refractivity contribution < 1.29 is 4.79 Å². The molecule has 4 rings (SSSR count). The van der Waals surface area contributed by atoms with Crippen LogP contribution in [-0.4, -0.2) is 75.7 Å². The van der Waals surface area contributed by atoms with Gasteiger partial charge in [-0.3, -0.25) is 9.79 Å². The van der Waals surface area contributed by atoms with Crippen LogP contribution < -0.4 is 5.32 Å². The van der Waals surface area contributed by atoms with Crippen molar-refractivity contribution in [2.45, 2.75) is 45.2 Å². The molecule has 3 heterocycles. The summed E-state index contributed by atoms with van der Waals surface area (Å²) in [6.07, 6.45) is 4.43. The summed E-state index contributed by atoms with van der Waals surface area (Å²) in [5, 5.41) is 11.9. The number of carbonyl (C=O) groups excluding carboxylic acids is 1. The maximum Gasteiger partial charge on any atom is 0.242 e. The van der Waals surface area contributed by atoms with Crippen LogP contribution in [0.3, 0.4) is 0 Å². The van der Waals surface area contributed by atoms with Gasteiger partial charge in [0, 0.05) is 45.7 Å². The van der Waals surface area contributed by atoms with E-state index in [0.29, 0.717) is 18.5 Å². The minimum Gasteiger partial charge on any atom is -0.356 e. The maximum atomic E-state index is 12.3. The van der Waals surface area contributed by atoms with Crippen molar-refractivity contribution in [1.29, 1.82) is 0 Å². The lowest BCUT2D eigenvalue weighted by Gasteiger charge is -2.36. The molecule has 0 spiro atoms. The van der Waals surface area contributed by atoms with E-state index in [0.717, 1.165) is 56.6 Å². The van der Waals surface area contributed by atoms with Gasteiger partial charge in [0.15, 0.2) is 5.96 Å². The Morgan fingerprint density at radius 3 is 2.84 bits per heavy atom. The monoisotopic (exact) mass is 345 g/mol. The third kappa shape index (κ3) is 3.34. The molecule has 25 heavy (non-hydrogen) atoms. The first-order valence-corrected chi connectivity index (χ1v) is 9.29. The molecule has 2 fully saturated rings. The normalized spacial score (nSPS) is 24.5. The van der Waals surface area contributed by atoms with Crippen molar-refractivity contribution in [2.75, 3.05) is 33.2 Å². The molecule has 0 aromatic carbocycles. The lowest BCUT2D eigenvalue weighted by molar-refractivity contribution is -0.135. The van der Waals surface area contributed by atoms with E-state index in [1.54, 1.807) is 7.05 Å². The molecular weight excluding hydrogens is 318 g/mol. The summed E-state index contributed by atoms with van der Waals surface area (Å²) in [6.45, 7) is 5.94. The van der Waals surface area contributed by atoms with E-state index in [-0.39, 0.29) is 5.91 Å². The Morgan fingerprint density at radius 1 is 1.28 bits per heavy atom. The molecule has 1 aliphatic carbocycles. The first-order chi connectivity index (χ1) is 12.2. The zero-order valence-corrected chi connectivity index (χ0v) is 15.1. The Morgan fingerprint density at radius 2 is 2.12 bits per heavy atom. The van der Waals surface area contributed by atoms with Gasteiger partial charge >= 0.3 is 0 Å². The quantitative estimate of drug-likeness (QED) is 0.618. The lowest BCUT2D eigenvalue weighted by Crippen LogP contribution is -2.56. The molecular formula is C17H27N7O. The number of hydrogen-bond donors (Lipinski definition) is 1. The van der Waals surface area contributed by atoms with Crippen LogP contribution in [0.5, 0.6) is 0 Å². The Labute approximate surface area is 148 Å². The van der Waals surface area contributed by atoms with E-state index in [4.69, 9.17) is 0 Å². The highest BCUT2D eigenvalue weighted by atomic mass is 16.2. The zero-order valence-electron chi connectivity index (χ0n) is 15.1. The van der Waals surface area contributed by atoms with E-state index in [2.05, 4.69) is 30.0 Å². The topological polar surface area (TPSA) is 78.7 Å². The molecule has 1 unspecified atom stereocenters. The second kappa shape index (κ2) is 6.65. The van der Waals surface area contributed by atoms with Gasteiger partial charge in [-0.25, -0.2) is 0 Å². The molecule has 8 nitrogen and oxygen atoms in total. The molecule has 1 amide bonds. The van der Waals surface area contributed by atoms with Crippen molar-refractivity contribution in [3.8, 4) is 0 Å². The van der Waals surface area contributed by atoms with E-state index < -0.39 is 0 Å². The Hall–Kier alpha value is -2.12. The minimum atomic E-state index is 0.235. The number of fused-ring (bicyclic) bond motifs is 1. The van der Waals surface area contributed by atoms with Gasteiger partial charge in [-0.1, -0.05) is 0 Å². The molecule has 2 aliphatic heterocycles. The van der Waals surface area contributed by atoms with E-state index in [9.17, 15) is 4.79 Å². The fourth-order valence-corrected chi connectivity index (χ4v) is 3.90. The highest BCUT2D eigenvalue weighted by Crippen LogP contribution is 2.28. The Bertz CT molecular complexity index is 679. The first-order valence-electron chi connectivity index (χ1n) is 9.29. The molecule has 1 N–H and O–H groups in total. The summed E-state index contributed by atoms with van der Waals surface area (Å²) in [5.41, 5.74) is 0. The number of aliphatic imine (C=N–C) groups is 1. The summed E-state index contributed by atoms with van der Waals surface area (Å²) in [5.74, 6) is 3.70. The average molecular weight is 345 g/mol. The Balaban J connectivity index is 1.31. The van der Waals surface area contributed by atoms with Crippen molar-refractivity contribution >= 4 is 11.9 Å². The second-order valence-corrected chi connectivity index (χ2v) is 7.35. The average Bonchev–Trinajstić information content (AvgIpc) is 3.39. The number of carbonyl (C=O) groups is 1. The van der Waals surface area contributed by atoms with Crippen LogP contribution in [0, 0.1) is 12.8 Å². The van der Waals surface area contributed by atoms with Crippen molar-refractivity contribution in [3.63, 3.8) is 0 Å². The summed E-state index contributed by atoms with van der Waals surface area (Å²) in [6, 6.07) is 0.507. The summed E-state index contributed by atoms with van der Waals surface area (Å²) < 4.78 is 2.22. The molecule has 1 saturated carbocycles. The van der Waals surface area contributed by atoms with E-state index in [1.165, 1.54) is 12.8 Å². The number of nitrogens with zero attached hydrogens (tertiary/aromatic N) is 6. The minimum absolute atomic E-state index is 0.235. The highest BCUT2D eigenvalue weighted by Gasteiger charge is 2.36. The van der Waals surface area contributed by atoms with Crippen LogP contribution in [0.4, 0.5) is 0 Å². The number of aryl methyl sites for hydroxylation is 2. The van der Waals surface area contributed by atoms with Crippen molar-refractivity contribution in [2.24, 2.45) is 10.9 Å². The molecule has 0 bridgehead atoms. The standard InChI is InChI=1S/C17H27N7O/c1-12-20-21-15-6-3-13(10-24(12)15)9-19-17(18-2)22-7-8-23(14-4-5-14)16(25)11-22/h13-14H,3-11H2,1-2H3,(H,18,19). The van der Waals surface area contributed by atoms with Gasteiger partial charge in [-0.05, 0) is 32.1 Å².